The van der Waals surface area contributed by atoms with Gasteiger partial charge in [0.05, 0.1) is 23.7 Å². The first-order valence-electron chi connectivity index (χ1n) is 8.93. The Kier molecular flexibility index (Phi) is 4.48. The Morgan fingerprint density at radius 2 is 1.77 bits per heavy atom. The fourth-order valence-corrected chi connectivity index (χ4v) is 3.57. The largest absolute Gasteiger partial charge is 0.346 e. The molecule has 4 rings (SSSR count). The topological polar surface area (TPSA) is 76.9 Å². The molecule has 1 aliphatic carbocycles. The molecule has 1 aliphatic rings. The zero-order valence-corrected chi connectivity index (χ0v) is 14.4. The number of carbonyl (C=O) groups is 1. The highest BCUT2D eigenvalue weighted by molar-refractivity contribution is 5.94. The first kappa shape index (κ1) is 16.4. The third-order valence-electron chi connectivity index (χ3n) is 4.93. The molecular weight excluding hydrogens is 328 g/mol. The molecule has 1 saturated carbocycles. The molecule has 0 atom stereocenters. The van der Waals surface area contributed by atoms with Crippen LogP contribution in [0.15, 0.2) is 53.6 Å². The third-order valence-corrected chi connectivity index (χ3v) is 4.93. The van der Waals surface area contributed by atoms with Crippen LogP contribution in [0.25, 0.3) is 10.8 Å². The van der Waals surface area contributed by atoms with E-state index in [9.17, 15) is 9.59 Å². The monoisotopic (exact) mass is 348 g/mol. The maximum atomic E-state index is 12.8. The van der Waals surface area contributed by atoms with Gasteiger partial charge in [0.1, 0.15) is 0 Å². The lowest BCUT2D eigenvalue weighted by Crippen LogP contribution is -2.30. The van der Waals surface area contributed by atoms with E-state index in [0.717, 1.165) is 36.8 Å². The summed E-state index contributed by atoms with van der Waals surface area (Å²) in [4.78, 5) is 29.1. The number of amides is 1. The van der Waals surface area contributed by atoms with E-state index in [4.69, 9.17) is 0 Å². The average molecular weight is 348 g/mol. The summed E-state index contributed by atoms with van der Waals surface area (Å²) in [6.45, 7) is 0.272. The van der Waals surface area contributed by atoms with E-state index in [2.05, 4.69) is 15.4 Å². The Bertz CT molecular complexity index is 992. The standard InChI is InChI=1S/C20H20N4O2/c25-19(14-9-11-21-12-10-14)22-13-18-16-7-3-4-8-17(16)20(26)24(23-18)15-5-1-2-6-15/h3-4,7-12,15H,1-2,5-6,13H2,(H,22,25). The summed E-state index contributed by atoms with van der Waals surface area (Å²) in [5.41, 5.74) is 1.22. The molecule has 0 saturated heterocycles. The minimum Gasteiger partial charge on any atom is -0.346 e. The molecule has 6 heteroatoms. The molecule has 1 aromatic carbocycles. The van der Waals surface area contributed by atoms with Crippen LogP contribution in [0.1, 0.15) is 47.8 Å². The minimum atomic E-state index is -0.183. The van der Waals surface area contributed by atoms with Crippen molar-refractivity contribution < 1.29 is 4.79 Å². The maximum Gasteiger partial charge on any atom is 0.274 e. The molecule has 1 amide bonds. The van der Waals surface area contributed by atoms with E-state index in [1.165, 1.54) is 0 Å². The molecule has 1 N–H and O–H groups in total. The number of pyridine rings is 1. The number of benzene rings is 1. The number of nitrogens with one attached hydrogen (secondary N) is 1. The zero-order valence-electron chi connectivity index (χ0n) is 14.4. The molecule has 2 aromatic heterocycles. The number of carbonyl (C=O) groups excluding carboxylic acids is 1. The van der Waals surface area contributed by atoms with E-state index in [1.807, 2.05) is 24.3 Å². The second-order valence-corrected chi connectivity index (χ2v) is 6.60. The van der Waals surface area contributed by atoms with E-state index in [0.29, 0.717) is 10.9 Å². The van der Waals surface area contributed by atoms with Crippen LogP contribution in [0, 0.1) is 0 Å². The summed E-state index contributed by atoms with van der Waals surface area (Å²) in [7, 11) is 0. The van der Waals surface area contributed by atoms with Crippen LogP contribution < -0.4 is 10.9 Å². The zero-order chi connectivity index (χ0) is 17.9. The van der Waals surface area contributed by atoms with Crippen LogP contribution in [0.4, 0.5) is 0 Å². The molecule has 0 bridgehead atoms. The molecule has 0 spiro atoms. The maximum absolute atomic E-state index is 12.8. The van der Waals surface area contributed by atoms with Crippen LogP contribution in [-0.4, -0.2) is 20.7 Å². The van der Waals surface area contributed by atoms with Crippen molar-refractivity contribution in [2.24, 2.45) is 0 Å². The summed E-state index contributed by atoms with van der Waals surface area (Å²) in [6.07, 6.45) is 7.38. The van der Waals surface area contributed by atoms with Crippen molar-refractivity contribution >= 4 is 16.7 Å². The Balaban J connectivity index is 1.68. The van der Waals surface area contributed by atoms with Gasteiger partial charge in [-0.05, 0) is 31.0 Å². The van der Waals surface area contributed by atoms with Gasteiger partial charge >= 0.3 is 0 Å². The van der Waals surface area contributed by atoms with Gasteiger partial charge in [0, 0.05) is 23.3 Å². The summed E-state index contributed by atoms with van der Waals surface area (Å²) >= 11 is 0. The Labute approximate surface area is 150 Å². The number of rotatable bonds is 4. The lowest BCUT2D eigenvalue weighted by Gasteiger charge is -2.16. The van der Waals surface area contributed by atoms with Crippen LogP contribution >= 0.6 is 0 Å². The van der Waals surface area contributed by atoms with Crippen LogP contribution in [-0.2, 0) is 6.54 Å². The van der Waals surface area contributed by atoms with Crippen molar-refractivity contribution in [3.63, 3.8) is 0 Å². The highest BCUT2D eigenvalue weighted by atomic mass is 16.1. The van der Waals surface area contributed by atoms with Gasteiger partial charge in [-0.3, -0.25) is 14.6 Å². The van der Waals surface area contributed by atoms with Crippen molar-refractivity contribution in [3.8, 4) is 0 Å². The molecule has 1 fully saturated rings. The molecule has 0 radical (unpaired) electrons. The Morgan fingerprint density at radius 1 is 1.08 bits per heavy atom. The van der Waals surface area contributed by atoms with E-state index >= 15 is 0 Å². The lowest BCUT2D eigenvalue weighted by molar-refractivity contribution is 0.0950. The first-order chi connectivity index (χ1) is 12.7. The SMILES string of the molecule is O=C(NCc1nn(C2CCCC2)c(=O)c2ccccc12)c1ccncc1. The first-order valence-corrected chi connectivity index (χ1v) is 8.93. The fourth-order valence-electron chi connectivity index (χ4n) is 3.57. The van der Waals surface area contributed by atoms with E-state index < -0.39 is 0 Å². The summed E-state index contributed by atoms with van der Waals surface area (Å²) in [6, 6.07) is 11.0. The second kappa shape index (κ2) is 7.07. The molecule has 6 nitrogen and oxygen atoms in total. The normalized spacial score (nSPS) is 14.6. The molecule has 26 heavy (non-hydrogen) atoms. The average Bonchev–Trinajstić information content (AvgIpc) is 3.22. The van der Waals surface area contributed by atoms with Crippen LogP contribution in [0.5, 0.6) is 0 Å². The predicted octanol–water partition coefficient (Wildman–Crippen LogP) is 2.84. The van der Waals surface area contributed by atoms with Gasteiger partial charge in [0.2, 0.25) is 0 Å². The van der Waals surface area contributed by atoms with Crippen molar-refractivity contribution in [2.75, 3.05) is 0 Å². The van der Waals surface area contributed by atoms with Crippen molar-refractivity contribution in [1.82, 2.24) is 20.1 Å². The predicted molar refractivity (Wildman–Crippen MR) is 98.9 cm³/mol. The van der Waals surface area contributed by atoms with Gasteiger partial charge < -0.3 is 5.32 Å². The Hall–Kier alpha value is -3.02. The number of hydrogen-bond acceptors (Lipinski definition) is 4. The molecular formula is C20H20N4O2. The van der Waals surface area contributed by atoms with E-state index in [-0.39, 0.29) is 24.1 Å². The fraction of sp³-hybridized carbons (Fsp3) is 0.300. The van der Waals surface area contributed by atoms with E-state index in [1.54, 1.807) is 29.2 Å². The van der Waals surface area contributed by atoms with Gasteiger partial charge in [-0.2, -0.15) is 5.10 Å². The number of hydrogen-bond donors (Lipinski definition) is 1. The highest BCUT2D eigenvalue weighted by Gasteiger charge is 2.21. The van der Waals surface area contributed by atoms with Crippen molar-refractivity contribution in [2.45, 2.75) is 38.3 Å². The summed E-state index contributed by atoms with van der Waals surface area (Å²) in [5.74, 6) is -0.183. The van der Waals surface area contributed by atoms with Crippen LogP contribution in [0.2, 0.25) is 0 Å². The van der Waals surface area contributed by atoms with Crippen molar-refractivity contribution in [1.29, 1.82) is 0 Å². The summed E-state index contributed by atoms with van der Waals surface area (Å²) < 4.78 is 1.63. The minimum absolute atomic E-state index is 0.0447. The highest BCUT2D eigenvalue weighted by Crippen LogP contribution is 2.28. The van der Waals surface area contributed by atoms with Crippen LogP contribution in [0.3, 0.4) is 0 Å². The lowest BCUT2D eigenvalue weighted by atomic mass is 10.1. The molecule has 0 aliphatic heterocycles. The van der Waals surface area contributed by atoms with Gasteiger partial charge in [-0.25, -0.2) is 4.68 Å². The number of aromatic nitrogens is 3. The van der Waals surface area contributed by atoms with Gasteiger partial charge in [0.25, 0.3) is 11.5 Å². The quantitative estimate of drug-likeness (QED) is 0.786. The molecule has 3 aromatic rings. The van der Waals surface area contributed by atoms with Crippen molar-refractivity contribution in [3.05, 3.63) is 70.4 Å². The Morgan fingerprint density at radius 3 is 2.50 bits per heavy atom. The van der Waals surface area contributed by atoms with Gasteiger partial charge in [-0.15, -0.1) is 0 Å². The second-order valence-electron chi connectivity index (χ2n) is 6.60. The third kappa shape index (κ3) is 3.10. The van der Waals surface area contributed by atoms with Gasteiger partial charge in [0.15, 0.2) is 0 Å². The number of fused-ring (bicyclic) bond motifs is 1. The molecule has 2 heterocycles. The summed E-state index contributed by atoms with van der Waals surface area (Å²) in [5, 5.41) is 8.97. The number of nitrogens with zero attached hydrogens (tertiary/aromatic N) is 3. The van der Waals surface area contributed by atoms with Gasteiger partial charge in [-0.1, -0.05) is 31.0 Å². The smallest absolute Gasteiger partial charge is 0.274 e. The molecule has 0 unspecified atom stereocenters. The molecule has 132 valence electrons.